The molecule has 0 amide bonds. The van der Waals surface area contributed by atoms with Crippen molar-refractivity contribution in [2.75, 3.05) is 0 Å². The lowest BCUT2D eigenvalue weighted by molar-refractivity contribution is 0.596. The highest BCUT2D eigenvalue weighted by atomic mass is 32.2. The van der Waals surface area contributed by atoms with Crippen LogP contribution in [0.5, 0.6) is 0 Å². The number of sulfone groups is 1. The molecule has 0 saturated heterocycles. The zero-order valence-electron chi connectivity index (χ0n) is 17.5. The molecule has 0 radical (unpaired) electrons. The van der Waals surface area contributed by atoms with Crippen LogP contribution in [0.15, 0.2) is 113 Å². The number of nitrogens with zero attached hydrogens (tertiary/aromatic N) is 1. The smallest absolute Gasteiger partial charge is 0.206 e. The van der Waals surface area contributed by atoms with Crippen LogP contribution in [-0.2, 0) is 9.84 Å². The third-order valence-electron chi connectivity index (χ3n) is 6.06. The fraction of sp³-hybridized carbons (Fsp3) is 0.0769. The summed E-state index contributed by atoms with van der Waals surface area (Å²) in [6.45, 7) is 4.62. The van der Waals surface area contributed by atoms with Crippen LogP contribution >= 0.6 is 0 Å². The molecular formula is C26H23NO2SSi. The van der Waals surface area contributed by atoms with Gasteiger partial charge in [0.1, 0.15) is 0 Å². The number of aromatic nitrogens is 1. The summed E-state index contributed by atoms with van der Waals surface area (Å²) >= 11 is 0. The Bertz CT molecular complexity index is 1450. The first-order valence-corrected chi connectivity index (χ1v) is 14.7. The van der Waals surface area contributed by atoms with Crippen LogP contribution in [0.2, 0.25) is 13.1 Å². The van der Waals surface area contributed by atoms with Gasteiger partial charge in [-0.2, -0.15) is 0 Å². The highest BCUT2D eigenvalue weighted by Crippen LogP contribution is 2.31. The lowest BCUT2D eigenvalue weighted by Gasteiger charge is -2.27. The summed E-state index contributed by atoms with van der Waals surface area (Å²) in [7, 11) is -5.69. The van der Waals surface area contributed by atoms with Gasteiger partial charge in [0.05, 0.1) is 9.79 Å². The first-order valence-electron chi connectivity index (χ1n) is 10.3. The van der Waals surface area contributed by atoms with E-state index in [1.54, 1.807) is 36.4 Å². The fourth-order valence-electron chi connectivity index (χ4n) is 4.43. The zero-order chi connectivity index (χ0) is 21.6. The Labute approximate surface area is 183 Å². The van der Waals surface area contributed by atoms with Gasteiger partial charge in [-0.05, 0) is 54.7 Å². The number of hydrogen-bond acceptors (Lipinski definition) is 2. The molecule has 3 nitrogen and oxygen atoms in total. The van der Waals surface area contributed by atoms with E-state index in [2.05, 4.69) is 65.9 Å². The van der Waals surface area contributed by atoms with Gasteiger partial charge >= 0.3 is 0 Å². The largest absolute Gasteiger partial charge is 0.364 e. The molecule has 1 aromatic heterocycles. The lowest BCUT2D eigenvalue weighted by Crippen LogP contribution is -2.48. The van der Waals surface area contributed by atoms with Crippen molar-refractivity contribution in [3.63, 3.8) is 0 Å². The van der Waals surface area contributed by atoms with E-state index >= 15 is 0 Å². The normalized spacial score (nSPS) is 12.5. The molecule has 0 atom stereocenters. The lowest BCUT2D eigenvalue weighted by atomic mass is 10.2. The highest BCUT2D eigenvalue weighted by molar-refractivity contribution is 7.91. The molecule has 0 aliphatic rings. The molecule has 0 aliphatic heterocycles. The van der Waals surface area contributed by atoms with Crippen molar-refractivity contribution in [1.29, 1.82) is 0 Å². The van der Waals surface area contributed by atoms with Gasteiger partial charge in [-0.1, -0.05) is 66.7 Å². The summed E-state index contributed by atoms with van der Waals surface area (Å²) < 4.78 is 28.4. The fourth-order valence-corrected chi connectivity index (χ4v) is 8.55. The van der Waals surface area contributed by atoms with Gasteiger partial charge in [0.25, 0.3) is 0 Å². The Morgan fingerprint density at radius 2 is 1.03 bits per heavy atom. The topological polar surface area (TPSA) is 39.1 Å². The minimum absolute atomic E-state index is 0.321. The van der Waals surface area contributed by atoms with Gasteiger partial charge in [-0.3, -0.25) is 0 Å². The number of benzene rings is 4. The Morgan fingerprint density at radius 1 is 0.581 bits per heavy atom. The van der Waals surface area contributed by atoms with Gasteiger partial charge < -0.3 is 4.23 Å². The van der Waals surface area contributed by atoms with Gasteiger partial charge in [0.2, 0.25) is 9.84 Å². The predicted molar refractivity (Wildman–Crippen MR) is 130 cm³/mol. The average molecular weight is 442 g/mol. The van der Waals surface area contributed by atoms with Crippen LogP contribution in [0.1, 0.15) is 0 Å². The van der Waals surface area contributed by atoms with Crippen LogP contribution in [-0.4, -0.2) is 20.9 Å². The molecule has 0 unspecified atom stereocenters. The van der Waals surface area contributed by atoms with E-state index in [0.29, 0.717) is 9.79 Å². The minimum atomic E-state index is -3.52. The number of para-hydroxylation sites is 2. The number of hydrogen-bond donors (Lipinski definition) is 0. The predicted octanol–water partition coefficient (Wildman–Crippen LogP) is 5.59. The molecule has 0 aliphatic carbocycles. The average Bonchev–Trinajstić information content (AvgIpc) is 3.15. The molecule has 31 heavy (non-hydrogen) atoms. The third kappa shape index (κ3) is 3.12. The van der Waals surface area contributed by atoms with Crippen LogP contribution in [0.3, 0.4) is 0 Å². The molecule has 0 N–H and O–H groups in total. The molecule has 4 aromatic carbocycles. The molecule has 5 rings (SSSR count). The van der Waals surface area contributed by atoms with E-state index in [9.17, 15) is 8.42 Å². The molecule has 0 fully saturated rings. The molecule has 0 spiro atoms. The van der Waals surface area contributed by atoms with Crippen LogP contribution < -0.4 is 5.19 Å². The van der Waals surface area contributed by atoms with E-state index in [4.69, 9.17) is 0 Å². The zero-order valence-corrected chi connectivity index (χ0v) is 19.3. The molecule has 0 bridgehead atoms. The second-order valence-corrected chi connectivity index (χ2v) is 14.4. The van der Waals surface area contributed by atoms with Crippen molar-refractivity contribution in [3.05, 3.63) is 103 Å². The second-order valence-electron chi connectivity index (χ2n) is 8.27. The van der Waals surface area contributed by atoms with Crippen LogP contribution in [0.4, 0.5) is 0 Å². The first kappa shape index (κ1) is 19.8. The molecular weight excluding hydrogens is 418 g/mol. The number of rotatable bonds is 4. The van der Waals surface area contributed by atoms with E-state index in [0.717, 1.165) is 0 Å². The van der Waals surface area contributed by atoms with Crippen LogP contribution in [0, 0.1) is 0 Å². The van der Waals surface area contributed by atoms with E-state index < -0.39 is 18.1 Å². The summed E-state index contributed by atoms with van der Waals surface area (Å²) in [5.74, 6) is 0. The van der Waals surface area contributed by atoms with Crippen molar-refractivity contribution in [2.24, 2.45) is 0 Å². The molecule has 1 heterocycles. The molecule has 5 heteroatoms. The summed E-state index contributed by atoms with van der Waals surface area (Å²) in [6, 6.07) is 33.1. The Balaban J connectivity index is 1.64. The van der Waals surface area contributed by atoms with E-state index in [-0.39, 0.29) is 0 Å². The third-order valence-corrected chi connectivity index (χ3v) is 11.2. The summed E-state index contributed by atoms with van der Waals surface area (Å²) in [6.07, 6.45) is 0. The van der Waals surface area contributed by atoms with Crippen LogP contribution in [0.25, 0.3) is 21.8 Å². The quantitative estimate of drug-likeness (QED) is 0.341. The monoisotopic (exact) mass is 441 g/mol. The van der Waals surface area contributed by atoms with Gasteiger partial charge in [0.15, 0.2) is 8.24 Å². The van der Waals surface area contributed by atoms with Crippen molar-refractivity contribution in [3.8, 4) is 0 Å². The summed E-state index contributed by atoms with van der Waals surface area (Å²) in [5, 5.41) is 3.69. The highest BCUT2D eigenvalue weighted by Gasteiger charge is 2.30. The maximum absolute atomic E-state index is 13.0. The van der Waals surface area contributed by atoms with Gasteiger partial charge in [-0.15, -0.1) is 0 Å². The van der Waals surface area contributed by atoms with Crippen molar-refractivity contribution in [1.82, 2.24) is 4.23 Å². The SMILES string of the molecule is C[Si](C)(c1ccc(S(=O)(=O)c2ccccc2)cc1)n1c2ccccc2c2ccccc21. The Morgan fingerprint density at radius 3 is 1.58 bits per heavy atom. The molecule has 154 valence electrons. The van der Waals surface area contributed by atoms with Crippen molar-refractivity contribution in [2.45, 2.75) is 22.9 Å². The Kier molecular flexibility index (Phi) is 4.61. The minimum Gasteiger partial charge on any atom is -0.364 e. The second kappa shape index (κ2) is 7.22. The Hall–Kier alpha value is -3.15. The van der Waals surface area contributed by atoms with E-state index in [1.165, 1.54) is 27.0 Å². The summed E-state index contributed by atoms with van der Waals surface area (Å²) in [4.78, 5) is 0.649. The molecule has 0 saturated carbocycles. The van der Waals surface area contributed by atoms with Crippen molar-refractivity contribution >= 4 is 45.1 Å². The molecule has 5 aromatic rings. The van der Waals surface area contributed by atoms with Crippen molar-refractivity contribution < 1.29 is 8.42 Å². The standard InChI is InChI=1S/C26H23NO2SSi/c1-31(2,27-25-14-8-6-12-23(25)24-13-7-9-15-26(24)27)22-18-16-21(17-19-22)30(28,29)20-10-4-3-5-11-20/h3-19H,1-2H3. The maximum atomic E-state index is 13.0. The summed E-state index contributed by atoms with van der Waals surface area (Å²) in [5.41, 5.74) is 2.45. The number of fused-ring (bicyclic) bond motifs is 3. The van der Waals surface area contributed by atoms with Gasteiger partial charge in [-0.25, -0.2) is 8.42 Å². The van der Waals surface area contributed by atoms with Gasteiger partial charge in [0, 0.05) is 21.8 Å². The first-order chi connectivity index (χ1) is 14.9. The maximum Gasteiger partial charge on any atom is 0.206 e. The van der Waals surface area contributed by atoms with E-state index in [1.807, 2.05) is 18.2 Å².